The van der Waals surface area contributed by atoms with Crippen molar-refractivity contribution < 1.29 is 4.79 Å². The summed E-state index contributed by atoms with van der Waals surface area (Å²) in [6.07, 6.45) is 2.47. The third-order valence-corrected chi connectivity index (χ3v) is 5.22. The van der Waals surface area contributed by atoms with Crippen LogP contribution in [-0.4, -0.2) is 21.6 Å². The van der Waals surface area contributed by atoms with E-state index < -0.39 is 0 Å². The lowest BCUT2D eigenvalue weighted by molar-refractivity contribution is -0.105. The Morgan fingerprint density at radius 1 is 1.30 bits per heavy atom. The Labute approximate surface area is 141 Å². The number of allylic oxidation sites excluding steroid dienone is 1. The molecule has 0 unspecified atom stereocenters. The van der Waals surface area contributed by atoms with E-state index in [1.165, 1.54) is 23.1 Å². The second-order valence-corrected chi connectivity index (χ2v) is 6.79. The van der Waals surface area contributed by atoms with Gasteiger partial charge in [0.15, 0.2) is 5.16 Å². The summed E-state index contributed by atoms with van der Waals surface area (Å²) in [5.41, 5.74) is 0.967. The molecule has 0 aliphatic carbocycles. The van der Waals surface area contributed by atoms with Gasteiger partial charge in [0.1, 0.15) is 11.1 Å². The summed E-state index contributed by atoms with van der Waals surface area (Å²) >= 11 is 2.75. The van der Waals surface area contributed by atoms with Crippen molar-refractivity contribution in [2.45, 2.75) is 11.7 Å². The van der Waals surface area contributed by atoms with Crippen molar-refractivity contribution in [3.8, 4) is 10.4 Å². The lowest BCUT2D eigenvalue weighted by atomic mass is 10.2. The van der Waals surface area contributed by atoms with Gasteiger partial charge in [-0.1, -0.05) is 48.2 Å². The molecule has 23 heavy (non-hydrogen) atoms. The fraction of sp³-hybridized carbons (Fsp3) is 0.118. The molecule has 0 saturated heterocycles. The molecule has 0 spiro atoms. The average molecular weight is 342 g/mol. The van der Waals surface area contributed by atoms with E-state index in [0.29, 0.717) is 21.9 Å². The molecule has 0 aliphatic rings. The summed E-state index contributed by atoms with van der Waals surface area (Å²) < 4.78 is 1.56. The van der Waals surface area contributed by atoms with E-state index >= 15 is 0 Å². The first-order chi connectivity index (χ1) is 11.2. The van der Waals surface area contributed by atoms with Crippen LogP contribution in [0.15, 0.2) is 59.0 Å². The van der Waals surface area contributed by atoms with E-state index in [2.05, 4.69) is 11.6 Å². The minimum atomic E-state index is -0.0956. The van der Waals surface area contributed by atoms with Gasteiger partial charge in [0.2, 0.25) is 0 Å². The van der Waals surface area contributed by atoms with Gasteiger partial charge in [0, 0.05) is 11.4 Å². The number of fused-ring (bicyclic) bond motifs is 1. The Morgan fingerprint density at radius 2 is 2.09 bits per heavy atom. The van der Waals surface area contributed by atoms with E-state index in [1.54, 1.807) is 10.6 Å². The molecule has 0 N–H and O–H groups in total. The summed E-state index contributed by atoms with van der Waals surface area (Å²) in [5, 5.41) is 1.15. The van der Waals surface area contributed by atoms with E-state index in [-0.39, 0.29) is 11.3 Å². The lowest BCUT2D eigenvalue weighted by Crippen LogP contribution is -2.22. The van der Waals surface area contributed by atoms with Gasteiger partial charge in [0.05, 0.1) is 11.1 Å². The fourth-order valence-electron chi connectivity index (χ4n) is 2.25. The lowest BCUT2D eigenvalue weighted by Gasteiger charge is -2.08. The monoisotopic (exact) mass is 342 g/mol. The first-order valence-electron chi connectivity index (χ1n) is 7.01. The van der Waals surface area contributed by atoms with Crippen molar-refractivity contribution in [1.29, 1.82) is 0 Å². The molecular weight excluding hydrogens is 328 g/mol. The Morgan fingerprint density at radius 3 is 2.78 bits per heavy atom. The highest BCUT2D eigenvalue weighted by atomic mass is 32.2. The zero-order valence-corrected chi connectivity index (χ0v) is 13.9. The van der Waals surface area contributed by atoms with Gasteiger partial charge in [0.25, 0.3) is 5.56 Å². The van der Waals surface area contributed by atoms with Gasteiger partial charge in [-0.25, -0.2) is 4.98 Å². The highest BCUT2D eigenvalue weighted by Crippen LogP contribution is 2.31. The molecule has 1 aromatic carbocycles. The SMILES string of the molecule is C=CCn1c(SCC=O)nc2sc(-c3ccccc3)cc2c1=O. The van der Waals surface area contributed by atoms with Crippen LogP contribution in [0.25, 0.3) is 20.7 Å². The maximum absolute atomic E-state index is 12.7. The topological polar surface area (TPSA) is 52.0 Å². The third-order valence-electron chi connectivity index (χ3n) is 3.27. The molecule has 0 amide bonds. The Bertz CT molecular complexity index is 913. The molecule has 6 heteroatoms. The molecule has 2 heterocycles. The smallest absolute Gasteiger partial charge is 0.263 e. The van der Waals surface area contributed by atoms with Gasteiger partial charge < -0.3 is 4.79 Å². The zero-order chi connectivity index (χ0) is 16.2. The third kappa shape index (κ3) is 3.13. The van der Waals surface area contributed by atoms with Gasteiger partial charge >= 0.3 is 0 Å². The second kappa shape index (κ2) is 6.93. The van der Waals surface area contributed by atoms with Crippen molar-refractivity contribution in [3.63, 3.8) is 0 Å². The number of thiophene rings is 1. The highest BCUT2D eigenvalue weighted by molar-refractivity contribution is 7.99. The summed E-state index contributed by atoms with van der Waals surface area (Å²) in [7, 11) is 0. The van der Waals surface area contributed by atoms with Crippen LogP contribution in [0.3, 0.4) is 0 Å². The number of benzene rings is 1. The highest BCUT2D eigenvalue weighted by Gasteiger charge is 2.14. The van der Waals surface area contributed by atoms with E-state index in [4.69, 9.17) is 0 Å². The van der Waals surface area contributed by atoms with Crippen molar-refractivity contribution in [2.75, 3.05) is 5.75 Å². The largest absolute Gasteiger partial charge is 0.302 e. The Kier molecular flexibility index (Phi) is 4.73. The minimum absolute atomic E-state index is 0.0956. The van der Waals surface area contributed by atoms with Crippen molar-refractivity contribution in [3.05, 3.63) is 59.4 Å². The minimum Gasteiger partial charge on any atom is -0.302 e. The standard InChI is InChI=1S/C17H14N2O2S2/c1-2-8-19-16(21)13-11-14(12-6-4-3-5-7-12)23-15(13)18-17(19)22-10-9-20/h2-7,9,11H,1,8,10H2. The summed E-state index contributed by atoms with van der Waals surface area (Å²) in [6.45, 7) is 4.06. The van der Waals surface area contributed by atoms with E-state index in [1.807, 2.05) is 36.4 Å². The quantitative estimate of drug-likeness (QED) is 0.297. The predicted octanol–water partition coefficient (Wildman–Crippen LogP) is 3.60. The van der Waals surface area contributed by atoms with Crippen molar-refractivity contribution >= 4 is 39.6 Å². The summed E-state index contributed by atoms with van der Waals surface area (Å²) in [4.78, 5) is 29.6. The molecular formula is C17H14N2O2S2. The van der Waals surface area contributed by atoms with Crippen molar-refractivity contribution in [1.82, 2.24) is 9.55 Å². The van der Waals surface area contributed by atoms with Crippen LogP contribution in [0.5, 0.6) is 0 Å². The molecule has 3 rings (SSSR count). The molecule has 0 atom stereocenters. The summed E-state index contributed by atoms with van der Waals surface area (Å²) in [5.74, 6) is 0.270. The van der Waals surface area contributed by atoms with Crippen LogP contribution < -0.4 is 5.56 Å². The number of carbonyl (C=O) groups excluding carboxylic acids is 1. The number of carbonyl (C=O) groups is 1. The number of hydrogen-bond acceptors (Lipinski definition) is 5. The van der Waals surface area contributed by atoms with Gasteiger partial charge in [-0.3, -0.25) is 9.36 Å². The molecule has 4 nitrogen and oxygen atoms in total. The first kappa shape index (κ1) is 15.7. The Balaban J connectivity index is 2.18. The number of rotatable bonds is 6. The van der Waals surface area contributed by atoms with Crippen LogP contribution in [0, 0.1) is 0 Å². The van der Waals surface area contributed by atoms with E-state index in [0.717, 1.165) is 16.7 Å². The number of aromatic nitrogens is 2. The first-order valence-corrected chi connectivity index (χ1v) is 8.82. The van der Waals surface area contributed by atoms with Crippen LogP contribution in [0.4, 0.5) is 0 Å². The number of aldehydes is 1. The normalized spacial score (nSPS) is 10.8. The zero-order valence-electron chi connectivity index (χ0n) is 12.3. The average Bonchev–Trinajstić information content (AvgIpc) is 3.01. The molecule has 3 aromatic rings. The molecule has 2 aromatic heterocycles. The second-order valence-electron chi connectivity index (χ2n) is 4.77. The molecule has 116 valence electrons. The fourth-order valence-corrected chi connectivity index (χ4v) is 4.02. The summed E-state index contributed by atoms with van der Waals surface area (Å²) in [6, 6.07) is 11.8. The molecule has 0 bridgehead atoms. The van der Waals surface area contributed by atoms with Crippen LogP contribution in [0.1, 0.15) is 0 Å². The molecule has 0 radical (unpaired) electrons. The number of hydrogen-bond donors (Lipinski definition) is 0. The van der Waals surface area contributed by atoms with Crippen molar-refractivity contribution in [2.24, 2.45) is 0 Å². The van der Waals surface area contributed by atoms with Gasteiger partial charge in [-0.2, -0.15) is 0 Å². The number of nitrogens with zero attached hydrogens (tertiary/aromatic N) is 2. The number of thioether (sulfide) groups is 1. The Hall–Kier alpha value is -2.18. The maximum Gasteiger partial charge on any atom is 0.263 e. The van der Waals surface area contributed by atoms with Gasteiger partial charge in [-0.05, 0) is 11.6 Å². The van der Waals surface area contributed by atoms with Crippen LogP contribution >= 0.6 is 23.1 Å². The van der Waals surface area contributed by atoms with E-state index in [9.17, 15) is 9.59 Å². The molecule has 0 fully saturated rings. The molecule has 0 saturated carbocycles. The molecule has 0 aliphatic heterocycles. The predicted molar refractivity (Wildman–Crippen MR) is 96.3 cm³/mol. The van der Waals surface area contributed by atoms with Crippen LogP contribution in [-0.2, 0) is 11.3 Å². The maximum atomic E-state index is 12.7. The van der Waals surface area contributed by atoms with Gasteiger partial charge in [-0.15, -0.1) is 17.9 Å². The van der Waals surface area contributed by atoms with Crippen LogP contribution in [0.2, 0.25) is 0 Å².